The van der Waals surface area contributed by atoms with Gasteiger partial charge in [0.1, 0.15) is 23.8 Å². The predicted octanol–water partition coefficient (Wildman–Crippen LogP) is 3.12. The Balaban J connectivity index is 1.75. The van der Waals surface area contributed by atoms with Crippen LogP contribution >= 0.6 is 0 Å². The zero-order chi connectivity index (χ0) is 21.9. The molecule has 11 heteroatoms. The van der Waals surface area contributed by atoms with E-state index >= 15 is 0 Å². The third kappa shape index (κ3) is 4.94. The molecule has 0 amide bonds. The van der Waals surface area contributed by atoms with Crippen LogP contribution in [0.3, 0.4) is 0 Å². The normalized spacial score (nSPS) is 21.0. The van der Waals surface area contributed by atoms with Crippen LogP contribution in [0.15, 0.2) is 18.7 Å². The van der Waals surface area contributed by atoms with E-state index in [-0.39, 0.29) is 35.1 Å². The van der Waals surface area contributed by atoms with Crippen molar-refractivity contribution >= 4 is 11.8 Å². The molecule has 2 aromatic heterocycles. The van der Waals surface area contributed by atoms with Crippen molar-refractivity contribution in [3.05, 3.63) is 35.5 Å². The minimum Gasteiger partial charge on any atom is -0.393 e. The Kier molecular flexibility index (Phi) is 6.07. The van der Waals surface area contributed by atoms with E-state index in [0.29, 0.717) is 25.1 Å². The Morgan fingerprint density at radius 1 is 1.27 bits per heavy atom. The lowest BCUT2D eigenvalue weighted by molar-refractivity contribution is -0.141. The van der Waals surface area contributed by atoms with Gasteiger partial charge < -0.3 is 15.7 Å². The fourth-order valence-corrected chi connectivity index (χ4v) is 3.52. The summed E-state index contributed by atoms with van der Waals surface area (Å²) in [5.74, 6) is 0.371. The fourth-order valence-electron chi connectivity index (χ4n) is 3.52. The quantitative estimate of drug-likeness (QED) is 0.674. The number of hydrogen-bond donors (Lipinski definition) is 3. The molecular formula is C19H22F3N7O. The Bertz CT molecular complexity index is 942. The van der Waals surface area contributed by atoms with Gasteiger partial charge in [-0.05, 0) is 24.7 Å². The SMILES string of the molecule is CC1(C)C[C@H](Nc2nc(NCc3cncnc3C(F)(F)F)ncc2C#N)CC[C@@H]1O. The standard InChI is InChI=1S/C19H22F3N7O/c1-18(2)5-13(3-4-14(18)30)28-16-11(6-23)8-25-17(29-16)26-9-12-7-24-10-27-15(12)19(20,21)22/h7-8,10,13-14,30H,3-5,9H2,1-2H3,(H2,25,26,28,29)/t13-,14+/m1/s1. The van der Waals surface area contributed by atoms with Crippen molar-refractivity contribution in [1.82, 2.24) is 19.9 Å². The van der Waals surface area contributed by atoms with Gasteiger partial charge in [-0.25, -0.2) is 15.0 Å². The smallest absolute Gasteiger partial charge is 0.393 e. The molecule has 160 valence electrons. The molecule has 0 unspecified atom stereocenters. The maximum Gasteiger partial charge on any atom is 0.433 e. The summed E-state index contributed by atoms with van der Waals surface area (Å²) < 4.78 is 39.2. The first-order chi connectivity index (χ1) is 14.1. The first kappa shape index (κ1) is 21.7. The zero-order valence-electron chi connectivity index (χ0n) is 16.5. The van der Waals surface area contributed by atoms with Crippen molar-refractivity contribution in [1.29, 1.82) is 5.26 Å². The summed E-state index contributed by atoms with van der Waals surface area (Å²) >= 11 is 0. The van der Waals surface area contributed by atoms with Crippen LogP contribution in [0, 0.1) is 16.7 Å². The lowest BCUT2D eigenvalue weighted by Crippen LogP contribution is -2.41. The summed E-state index contributed by atoms with van der Waals surface area (Å²) in [5.41, 5.74) is -1.23. The Morgan fingerprint density at radius 3 is 2.70 bits per heavy atom. The molecule has 0 aromatic carbocycles. The van der Waals surface area contributed by atoms with E-state index in [0.717, 1.165) is 12.5 Å². The highest BCUT2D eigenvalue weighted by Gasteiger charge is 2.36. The lowest BCUT2D eigenvalue weighted by Gasteiger charge is -2.40. The second-order valence-corrected chi connectivity index (χ2v) is 7.94. The fraction of sp³-hybridized carbons (Fsp3) is 0.526. The minimum absolute atomic E-state index is 0.00222. The van der Waals surface area contributed by atoms with Gasteiger partial charge in [0.25, 0.3) is 0 Å². The van der Waals surface area contributed by atoms with Crippen molar-refractivity contribution in [3.63, 3.8) is 0 Å². The average Bonchev–Trinajstić information content (AvgIpc) is 2.68. The van der Waals surface area contributed by atoms with Crippen LogP contribution in [-0.2, 0) is 12.7 Å². The molecule has 3 rings (SSSR count). The van der Waals surface area contributed by atoms with E-state index in [1.54, 1.807) is 0 Å². The topological polar surface area (TPSA) is 120 Å². The number of alkyl halides is 3. The maximum absolute atomic E-state index is 13.1. The Labute approximate surface area is 171 Å². The second-order valence-electron chi connectivity index (χ2n) is 7.94. The highest BCUT2D eigenvalue weighted by atomic mass is 19.4. The maximum atomic E-state index is 13.1. The van der Waals surface area contributed by atoms with E-state index in [1.165, 1.54) is 6.20 Å². The van der Waals surface area contributed by atoms with Gasteiger partial charge in [-0.1, -0.05) is 13.8 Å². The Morgan fingerprint density at radius 2 is 2.03 bits per heavy atom. The number of nitrogens with zero attached hydrogens (tertiary/aromatic N) is 5. The van der Waals surface area contributed by atoms with Crippen LogP contribution in [-0.4, -0.2) is 37.2 Å². The van der Waals surface area contributed by atoms with E-state index in [4.69, 9.17) is 0 Å². The highest BCUT2D eigenvalue weighted by Crippen LogP contribution is 2.37. The van der Waals surface area contributed by atoms with E-state index in [2.05, 4.69) is 30.6 Å². The molecule has 8 nitrogen and oxygen atoms in total. The molecule has 0 saturated heterocycles. The Hall–Kier alpha value is -3.00. The van der Waals surface area contributed by atoms with Crippen LogP contribution < -0.4 is 10.6 Å². The van der Waals surface area contributed by atoms with Gasteiger partial charge >= 0.3 is 6.18 Å². The second kappa shape index (κ2) is 8.39. The van der Waals surface area contributed by atoms with E-state index in [9.17, 15) is 23.5 Å². The molecule has 2 aromatic rings. The molecule has 2 heterocycles. The molecule has 0 radical (unpaired) electrons. The summed E-state index contributed by atoms with van der Waals surface area (Å²) in [5, 5.41) is 25.4. The summed E-state index contributed by atoms with van der Waals surface area (Å²) in [4.78, 5) is 15.2. The van der Waals surface area contributed by atoms with Crippen molar-refractivity contribution in [3.8, 4) is 6.07 Å². The zero-order valence-corrected chi connectivity index (χ0v) is 16.5. The molecule has 1 aliphatic carbocycles. The molecule has 2 atom stereocenters. The van der Waals surface area contributed by atoms with Gasteiger partial charge in [0.05, 0.1) is 12.3 Å². The molecule has 1 aliphatic rings. The number of nitriles is 1. The number of aliphatic hydroxyl groups excluding tert-OH is 1. The number of nitrogens with one attached hydrogen (secondary N) is 2. The van der Waals surface area contributed by atoms with Crippen LogP contribution in [0.2, 0.25) is 0 Å². The minimum atomic E-state index is -4.60. The first-order valence-corrected chi connectivity index (χ1v) is 9.42. The largest absolute Gasteiger partial charge is 0.433 e. The van der Waals surface area contributed by atoms with Gasteiger partial charge in [-0.3, -0.25) is 0 Å². The van der Waals surface area contributed by atoms with Crippen molar-refractivity contribution in [2.75, 3.05) is 10.6 Å². The summed E-state index contributed by atoms with van der Waals surface area (Å²) in [6.07, 6.45) is 0.251. The first-order valence-electron chi connectivity index (χ1n) is 9.42. The van der Waals surface area contributed by atoms with Crippen molar-refractivity contribution in [2.24, 2.45) is 5.41 Å². The van der Waals surface area contributed by atoms with Gasteiger partial charge in [0.2, 0.25) is 5.95 Å². The van der Waals surface area contributed by atoms with Crippen LogP contribution in [0.4, 0.5) is 24.9 Å². The van der Waals surface area contributed by atoms with Gasteiger partial charge in [-0.2, -0.15) is 23.4 Å². The molecule has 0 aliphatic heterocycles. The lowest BCUT2D eigenvalue weighted by atomic mass is 9.73. The van der Waals surface area contributed by atoms with Gasteiger partial charge in [-0.15, -0.1) is 0 Å². The van der Waals surface area contributed by atoms with Crippen LogP contribution in [0.5, 0.6) is 0 Å². The number of aliphatic hydroxyl groups is 1. The number of aromatic nitrogens is 4. The molecule has 1 saturated carbocycles. The third-order valence-corrected chi connectivity index (χ3v) is 5.21. The van der Waals surface area contributed by atoms with E-state index < -0.39 is 18.0 Å². The monoisotopic (exact) mass is 421 g/mol. The number of anilines is 2. The number of halogens is 3. The molecule has 3 N–H and O–H groups in total. The average molecular weight is 421 g/mol. The van der Waals surface area contributed by atoms with Crippen molar-refractivity contribution < 1.29 is 18.3 Å². The summed E-state index contributed by atoms with van der Waals surface area (Å²) in [7, 11) is 0. The van der Waals surface area contributed by atoms with Crippen LogP contribution in [0.1, 0.15) is 49.9 Å². The molecule has 0 spiro atoms. The number of hydrogen-bond acceptors (Lipinski definition) is 8. The van der Waals surface area contributed by atoms with Gasteiger partial charge in [0, 0.05) is 24.3 Å². The van der Waals surface area contributed by atoms with Crippen LogP contribution in [0.25, 0.3) is 0 Å². The summed E-state index contributed by atoms with van der Waals surface area (Å²) in [6, 6.07) is 2.01. The van der Waals surface area contributed by atoms with Crippen molar-refractivity contribution in [2.45, 2.75) is 58.0 Å². The number of rotatable bonds is 5. The van der Waals surface area contributed by atoms with Gasteiger partial charge in [0.15, 0.2) is 5.69 Å². The predicted molar refractivity (Wildman–Crippen MR) is 102 cm³/mol. The molecule has 30 heavy (non-hydrogen) atoms. The third-order valence-electron chi connectivity index (χ3n) is 5.21. The van der Waals surface area contributed by atoms with E-state index in [1.807, 2.05) is 19.9 Å². The molecular weight excluding hydrogens is 399 g/mol. The molecule has 1 fully saturated rings. The molecule has 0 bridgehead atoms. The highest BCUT2D eigenvalue weighted by molar-refractivity contribution is 5.54. The summed E-state index contributed by atoms with van der Waals surface area (Å²) in [6.45, 7) is 3.72.